The normalized spacial score (nSPS) is 15.9. The van der Waals surface area contributed by atoms with Gasteiger partial charge in [0.2, 0.25) is 5.91 Å². The standard InChI is InChI=1S/C24H34N6O5S/c1-5-21-15-35-12-11-30(21)22-14-20(16-36(33,34)13-10-25-17(2)31)26-23(28-22)18-6-8-19(9-7-18)27-24(32)29(3)4/h6-9,14,21H,5,10-13,15-16H2,1-4H3,(H,25,31)(H,27,32)/t21-/m0/s1. The molecule has 0 bridgehead atoms. The van der Waals surface area contributed by atoms with Crippen molar-refractivity contribution in [1.29, 1.82) is 0 Å². The zero-order valence-electron chi connectivity index (χ0n) is 21.2. The summed E-state index contributed by atoms with van der Waals surface area (Å²) >= 11 is 0. The Hall–Kier alpha value is -3.25. The highest BCUT2D eigenvalue weighted by atomic mass is 32.2. The van der Waals surface area contributed by atoms with Gasteiger partial charge in [0.05, 0.1) is 36.5 Å². The number of ether oxygens (including phenoxy) is 1. The zero-order valence-corrected chi connectivity index (χ0v) is 22.0. The Balaban J connectivity index is 1.93. The Bertz CT molecular complexity index is 1170. The fraction of sp³-hybridized carbons (Fsp3) is 0.500. The smallest absolute Gasteiger partial charge is 0.321 e. The predicted octanol–water partition coefficient (Wildman–Crippen LogP) is 1.90. The van der Waals surface area contributed by atoms with Crippen LogP contribution in [0.15, 0.2) is 30.3 Å². The molecule has 1 aliphatic heterocycles. The molecule has 196 valence electrons. The molecule has 0 radical (unpaired) electrons. The van der Waals surface area contributed by atoms with Crippen LogP contribution in [0.2, 0.25) is 0 Å². The first-order valence-electron chi connectivity index (χ1n) is 11.8. The van der Waals surface area contributed by atoms with Crippen molar-refractivity contribution in [3.63, 3.8) is 0 Å². The molecular formula is C24H34N6O5S. The summed E-state index contributed by atoms with van der Waals surface area (Å²) in [7, 11) is -0.211. The molecule has 12 heteroatoms. The molecule has 1 saturated heterocycles. The second-order valence-corrected chi connectivity index (χ2v) is 11.0. The van der Waals surface area contributed by atoms with Crippen LogP contribution in [0.5, 0.6) is 0 Å². The van der Waals surface area contributed by atoms with E-state index in [9.17, 15) is 18.0 Å². The third-order valence-corrected chi connectivity index (χ3v) is 7.28. The fourth-order valence-corrected chi connectivity index (χ4v) is 4.90. The molecule has 1 aliphatic rings. The van der Waals surface area contributed by atoms with Crippen molar-refractivity contribution in [2.75, 3.05) is 56.4 Å². The number of rotatable bonds is 9. The van der Waals surface area contributed by atoms with Crippen molar-refractivity contribution in [3.05, 3.63) is 36.0 Å². The van der Waals surface area contributed by atoms with Crippen molar-refractivity contribution in [1.82, 2.24) is 20.2 Å². The van der Waals surface area contributed by atoms with E-state index in [0.717, 1.165) is 6.42 Å². The molecule has 3 rings (SSSR count). The van der Waals surface area contributed by atoms with Gasteiger partial charge < -0.3 is 25.2 Å². The molecule has 0 saturated carbocycles. The summed E-state index contributed by atoms with van der Waals surface area (Å²) in [6.45, 7) is 5.23. The molecule has 2 N–H and O–H groups in total. The molecular weight excluding hydrogens is 484 g/mol. The van der Waals surface area contributed by atoms with Crippen LogP contribution in [0.1, 0.15) is 26.0 Å². The van der Waals surface area contributed by atoms with Gasteiger partial charge in [0, 0.05) is 51.4 Å². The topological polar surface area (TPSA) is 134 Å². The van der Waals surface area contributed by atoms with Crippen LogP contribution in [0.4, 0.5) is 16.3 Å². The van der Waals surface area contributed by atoms with E-state index in [-0.39, 0.29) is 36.0 Å². The van der Waals surface area contributed by atoms with Crippen LogP contribution in [-0.4, -0.2) is 87.4 Å². The van der Waals surface area contributed by atoms with Gasteiger partial charge in [0.15, 0.2) is 15.7 Å². The number of anilines is 2. The van der Waals surface area contributed by atoms with E-state index >= 15 is 0 Å². The van der Waals surface area contributed by atoms with Crippen molar-refractivity contribution < 1.29 is 22.7 Å². The second kappa shape index (κ2) is 12.1. The highest BCUT2D eigenvalue weighted by molar-refractivity contribution is 7.90. The summed E-state index contributed by atoms with van der Waals surface area (Å²) in [5, 5.41) is 5.30. The van der Waals surface area contributed by atoms with E-state index in [1.165, 1.54) is 11.8 Å². The highest BCUT2D eigenvalue weighted by Crippen LogP contribution is 2.26. The van der Waals surface area contributed by atoms with Gasteiger partial charge in [-0.1, -0.05) is 6.92 Å². The largest absolute Gasteiger partial charge is 0.377 e. The third kappa shape index (κ3) is 7.62. The van der Waals surface area contributed by atoms with Gasteiger partial charge in [-0.25, -0.2) is 23.2 Å². The summed E-state index contributed by atoms with van der Waals surface area (Å²) in [6, 6.07) is 8.67. The summed E-state index contributed by atoms with van der Waals surface area (Å²) in [4.78, 5) is 36.0. The van der Waals surface area contributed by atoms with Crippen molar-refractivity contribution >= 4 is 33.3 Å². The number of sulfone groups is 1. The van der Waals surface area contributed by atoms with Gasteiger partial charge in [-0.2, -0.15) is 0 Å². The number of hydrogen-bond acceptors (Lipinski definition) is 8. The van der Waals surface area contributed by atoms with Gasteiger partial charge in [0.1, 0.15) is 5.82 Å². The number of benzene rings is 1. The Morgan fingerprint density at radius 2 is 1.92 bits per heavy atom. The number of aromatic nitrogens is 2. The summed E-state index contributed by atoms with van der Waals surface area (Å²) < 4.78 is 31.1. The van der Waals surface area contributed by atoms with E-state index in [4.69, 9.17) is 9.72 Å². The number of hydrogen-bond donors (Lipinski definition) is 2. The van der Waals surface area contributed by atoms with E-state index in [0.29, 0.717) is 48.3 Å². The summed E-state index contributed by atoms with van der Waals surface area (Å²) in [5.74, 6) is 0.308. The molecule has 0 aliphatic carbocycles. The molecule has 0 unspecified atom stereocenters. The minimum Gasteiger partial charge on any atom is -0.377 e. The van der Waals surface area contributed by atoms with E-state index in [1.807, 2.05) is 0 Å². The minimum atomic E-state index is -3.52. The number of carbonyl (C=O) groups excluding carboxylic acids is 2. The van der Waals surface area contributed by atoms with E-state index in [2.05, 4.69) is 27.4 Å². The predicted molar refractivity (Wildman–Crippen MR) is 139 cm³/mol. The first-order chi connectivity index (χ1) is 17.1. The SMILES string of the molecule is CC[C@H]1COCCN1c1cc(CS(=O)(=O)CCNC(C)=O)nc(-c2ccc(NC(=O)N(C)C)cc2)n1. The Labute approximate surface area is 212 Å². The van der Waals surface area contributed by atoms with Crippen LogP contribution < -0.4 is 15.5 Å². The number of carbonyl (C=O) groups is 2. The number of nitrogens with zero attached hydrogens (tertiary/aromatic N) is 4. The van der Waals surface area contributed by atoms with Crippen LogP contribution in [-0.2, 0) is 25.1 Å². The monoisotopic (exact) mass is 518 g/mol. The lowest BCUT2D eigenvalue weighted by Crippen LogP contribution is -2.45. The van der Waals surface area contributed by atoms with Crippen LogP contribution in [0.25, 0.3) is 11.4 Å². The quantitative estimate of drug-likeness (QED) is 0.514. The average Bonchev–Trinajstić information content (AvgIpc) is 2.83. The second-order valence-electron chi connectivity index (χ2n) is 8.85. The number of morpholine rings is 1. The molecule has 1 aromatic carbocycles. The van der Waals surface area contributed by atoms with Crippen LogP contribution in [0, 0.1) is 0 Å². The van der Waals surface area contributed by atoms with Gasteiger partial charge in [-0.3, -0.25) is 4.79 Å². The van der Waals surface area contributed by atoms with Crippen molar-refractivity contribution in [3.8, 4) is 11.4 Å². The molecule has 11 nitrogen and oxygen atoms in total. The molecule has 1 atom stereocenters. The molecule has 1 aromatic heterocycles. The van der Waals surface area contributed by atoms with Crippen LogP contribution in [0.3, 0.4) is 0 Å². The lowest BCUT2D eigenvalue weighted by Gasteiger charge is -2.36. The molecule has 36 heavy (non-hydrogen) atoms. The Morgan fingerprint density at radius 3 is 2.56 bits per heavy atom. The highest BCUT2D eigenvalue weighted by Gasteiger charge is 2.25. The van der Waals surface area contributed by atoms with Crippen molar-refractivity contribution in [2.45, 2.75) is 32.1 Å². The summed E-state index contributed by atoms with van der Waals surface area (Å²) in [6.07, 6.45) is 0.851. The van der Waals surface area contributed by atoms with E-state index in [1.54, 1.807) is 44.4 Å². The number of amides is 3. The average molecular weight is 519 g/mol. The van der Waals surface area contributed by atoms with Gasteiger partial charge in [-0.15, -0.1) is 0 Å². The number of nitrogens with one attached hydrogen (secondary N) is 2. The molecule has 2 aromatic rings. The van der Waals surface area contributed by atoms with Crippen molar-refractivity contribution in [2.24, 2.45) is 0 Å². The van der Waals surface area contributed by atoms with Gasteiger partial charge >= 0.3 is 6.03 Å². The Kier molecular flexibility index (Phi) is 9.21. The van der Waals surface area contributed by atoms with E-state index < -0.39 is 9.84 Å². The summed E-state index contributed by atoms with van der Waals surface area (Å²) in [5.41, 5.74) is 1.69. The molecule has 2 heterocycles. The number of urea groups is 1. The van der Waals surface area contributed by atoms with Gasteiger partial charge in [-0.05, 0) is 30.7 Å². The van der Waals surface area contributed by atoms with Gasteiger partial charge in [0.25, 0.3) is 0 Å². The fourth-order valence-electron chi connectivity index (χ4n) is 3.75. The molecule has 3 amide bonds. The Morgan fingerprint density at radius 1 is 1.19 bits per heavy atom. The first-order valence-corrected chi connectivity index (χ1v) is 13.7. The lowest BCUT2D eigenvalue weighted by atomic mass is 10.1. The minimum absolute atomic E-state index is 0.0456. The maximum Gasteiger partial charge on any atom is 0.321 e. The zero-order chi connectivity index (χ0) is 26.3. The lowest BCUT2D eigenvalue weighted by molar-refractivity contribution is -0.118. The van der Waals surface area contributed by atoms with Crippen LogP contribution >= 0.6 is 0 Å². The molecule has 1 fully saturated rings. The first kappa shape index (κ1) is 27.3. The maximum absolute atomic E-state index is 12.8. The maximum atomic E-state index is 12.8. The third-order valence-electron chi connectivity index (χ3n) is 5.71. The molecule has 0 spiro atoms.